The number of hydrogen-bond donors (Lipinski definition) is 6. The third-order valence-corrected chi connectivity index (χ3v) is 12.6. The lowest BCUT2D eigenvalue weighted by Gasteiger charge is -2.36. The molecule has 3 amide bonds. The Hall–Kier alpha value is -5.90. The normalized spacial score (nSPS) is 18.4. The van der Waals surface area contributed by atoms with E-state index in [-0.39, 0.29) is 55.1 Å². The second-order valence-corrected chi connectivity index (χ2v) is 18.1. The van der Waals surface area contributed by atoms with E-state index in [4.69, 9.17) is 5.73 Å². The summed E-state index contributed by atoms with van der Waals surface area (Å²) in [4.78, 5) is 50.4. The molecule has 0 spiro atoms. The van der Waals surface area contributed by atoms with Gasteiger partial charge in [-0.05, 0) is 79.1 Å². The van der Waals surface area contributed by atoms with Crippen molar-refractivity contribution in [1.82, 2.24) is 35.6 Å². The number of nitrogens with two attached hydrogens (primary N) is 1. The summed E-state index contributed by atoms with van der Waals surface area (Å²) < 4.78 is 0. The van der Waals surface area contributed by atoms with Gasteiger partial charge in [-0.3, -0.25) is 19.3 Å². The van der Waals surface area contributed by atoms with Crippen LogP contribution >= 0.6 is 11.3 Å². The largest absolute Gasteiger partial charge is 0.507 e. The molecule has 0 unspecified atom stereocenters. The lowest BCUT2D eigenvalue weighted by Crippen LogP contribution is -2.59. The van der Waals surface area contributed by atoms with Crippen LogP contribution in [-0.2, 0) is 14.4 Å². The number of phenols is 1. The van der Waals surface area contributed by atoms with Crippen molar-refractivity contribution in [3.63, 3.8) is 0 Å². The number of benzene rings is 3. The van der Waals surface area contributed by atoms with Crippen molar-refractivity contribution >= 4 is 40.6 Å². The molecule has 2 fully saturated rings. The lowest BCUT2D eigenvalue weighted by atomic mass is 9.85. The van der Waals surface area contributed by atoms with Crippen LogP contribution in [0.1, 0.15) is 64.3 Å². The van der Waals surface area contributed by atoms with Crippen molar-refractivity contribution in [2.75, 3.05) is 37.2 Å². The van der Waals surface area contributed by atoms with Gasteiger partial charge < -0.3 is 36.8 Å². The number of β-amino-alcohol motifs (C(OH)–C–C–N with tert-alkyl or cyclic N) is 1. The maximum atomic E-state index is 14.2. The van der Waals surface area contributed by atoms with E-state index in [0.717, 1.165) is 51.4 Å². The van der Waals surface area contributed by atoms with E-state index in [1.807, 2.05) is 101 Å². The van der Waals surface area contributed by atoms with Gasteiger partial charge in [-0.1, -0.05) is 69.3 Å². The van der Waals surface area contributed by atoms with Crippen LogP contribution in [0.4, 0.5) is 11.5 Å². The zero-order valence-corrected chi connectivity index (χ0v) is 36.1. The zero-order chi connectivity index (χ0) is 43.4. The molecule has 2 saturated heterocycles. The third kappa shape index (κ3) is 10.2. The number of thiazole rings is 1. The number of piperidine rings is 1. The number of carbonyl (C=O) groups is 3. The van der Waals surface area contributed by atoms with E-state index in [1.54, 1.807) is 29.5 Å². The molecular formula is C46H55N9O5S. The third-order valence-electron chi connectivity index (χ3n) is 11.6. The summed E-state index contributed by atoms with van der Waals surface area (Å²) in [6.45, 7) is 11.1. The van der Waals surface area contributed by atoms with Crippen molar-refractivity contribution in [1.29, 1.82) is 0 Å². The maximum Gasteiger partial charge on any atom is 0.246 e. The Morgan fingerprint density at radius 3 is 2.28 bits per heavy atom. The number of aliphatic hydroxyl groups excluding tert-OH is 1. The molecule has 5 aromatic rings. The second-order valence-electron chi connectivity index (χ2n) is 17.2. The quantitative estimate of drug-likeness (QED) is 0.0891. The van der Waals surface area contributed by atoms with Crippen molar-refractivity contribution in [3.05, 3.63) is 95.6 Å². The predicted molar refractivity (Wildman–Crippen MR) is 238 cm³/mol. The van der Waals surface area contributed by atoms with Crippen LogP contribution in [0, 0.1) is 12.3 Å². The fraction of sp³-hybridized carbons (Fsp3) is 0.391. The van der Waals surface area contributed by atoms with Gasteiger partial charge in [0.25, 0.3) is 0 Å². The van der Waals surface area contributed by atoms with Gasteiger partial charge >= 0.3 is 0 Å². The van der Waals surface area contributed by atoms with Crippen LogP contribution in [-0.4, -0.2) is 103 Å². The van der Waals surface area contributed by atoms with Crippen molar-refractivity contribution < 1.29 is 24.6 Å². The summed E-state index contributed by atoms with van der Waals surface area (Å²) in [7, 11) is 0. The van der Waals surface area contributed by atoms with Gasteiger partial charge in [0.05, 0.1) is 40.5 Å². The molecule has 7 N–H and O–H groups in total. The smallest absolute Gasteiger partial charge is 0.246 e. The molecule has 320 valence electrons. The molecule has 0 radical (unpaired) electrons. The van der Waals surface area contributed by atoms with Crippen LogP contribution in [0.25, 0.3) is 32.8 Å². The average molecular weight is 846 g/mol. The molecule has 3 aromatic carbocycles. The van der Waals surface area contributed by atoms with E-state index >= 15 is 0 Å². The van der Waals surface area contributed by atoms with Crippen molar-refractivity contribution in [3.8, 4) is 38.6 Å². The Kier molecular flexibility index (Phi) is 13.0. The number of hydrogen-bond acceptors (Lipinski definition) is 12. The van der Waals surface area contributed by atoms with Crippen LogP contribution in [0.3, 0.4) is 0 Å². The highest BCUT2D eigenvalue weighted by Crippen LogP contribution is 2.34. The molecule has 4 atom stereocenters. The minimum Gasteiger partial charge on any atom is -0.507 e. The summed E-state index contributed by atoms with van der Waals surface area (Å²) in [6, 6.07) is 22.8. The Morgan fingerprint density at radius 2 is 1.62 bits per heavy atom. The SMILES string of the molecule is Cc1ncsc1-c1ccc([C@H](C)NC(=O)[C@@H]2C[C@@H](O)CN2C(=O)[C@@H](NC(=O)CN2CCC(Nc3ccc(-c4cc(-c5ccccc5O)nnc4N)cc3)CC2)C(C)(C)C)cc1. The predicted octanol–water partition coefficient (Wildman–Crippen LogP) is 5.78. The molecule has 0 aliphatic carbocycles. The fourth-order valence-corrected chi connectivity index (χ4v) is 8.91. The number of carbonyl (C=O) groups excluding carboxylic acids is 3. The van der Waals surface area contributed by atoms with Gasteiger partial charge in [-0.25, -0.2) is 4.98 Å². The van der Waals surface area contributed by atoms with Crippen LogP contribution in [0.15, 0.2) is 84.4 Å². The number of aryl methyl sites for hydroxylation is 1. The standard InChI is InChI=1S/C46H55N9O5S/c1-27(29-10-12-31(13-11-29)41-28(2)48-26-61-41)49-44(59)38-22-34(56)24-55(38)45(60)42(46(3,4)5)51-40(58)25-54-20-18-33(19-21-54)50-32-16-14-30(15-17-32)36-23-37(52-53-43(36)47)35-8-6-7-9-39(35)57/h6-17,23,26-27,33-34,38,42,50,56-57H,18-22,24-25H2,1-5H3,(H2,47,53)(H,49,59)(H,51,58)/t27-,34+,38-,42+/m0/s1. The number of nitrogens with zero attached hydrogens (tertiary/aromatic N) is 5. The lowest BCUT2D eigenvalue weighted by molar-refractivity contribution is -0.144. The molecule has 4 heterocycles. The monoisotopic (exact) mass is 845 g/mol. The maximum absolute atomic E-state index is 14.2. The highest BCUT2D eigenvalue weighted by molar-refractivity contribution is 7.13. The van der Waals surface area contributed by atoms with Crippen molar-refractivity contribution in [2.24, 2.45) is 5.41 Å². The molecule has 2 aromatic heterocycles. The highest BCUT2D eigenvalue weighted by Gasteiger charge is 2.45. The molecule has 2 aliphatic rings. The summed E-state index contributed by atoms with van der Waals surface area (Å²) in [6.07, 6.45) is 0.893. The fourth-order valence-electron chi connectivity index (χ4n) is 8.10. The number of likely N-dealkylation sites (tertiary alicyclic amines) is 2. The zero-order valence-electron chi connectivity index (χ0n) is 35.3. The summed E-state index contributed by atoms with van der Waals surface area (Å²) >= 11 is 1.58. The van der Waals surface area contributed by atoms with Crippen LogP contribution < -0.4 is 21.7 Å². The van der Waals surface area contributed by atoms with Gasteiger partial charge in [0.2, 0.25) is 17.7 Å². The second kappa shape index (κ2) is 18.4. The molecule has 2 aliphatic heterocycles. The first kappa shape index (κ1) is 43.2. The molecule has 0 saturated carbocycles. The van der Waals surface area contributed by atoms with Crippen molar-refractivity contribution in [2.45, 2.75) is 84.2 Å². The van der Waals surface area contributed by atoms with Gasteiger partial charge in [0.1, 0.15) is 17.8 Å². The first-order valence-corrected chi connectivity index (χ1v) is 21.6. The number of nitrogen functional groups attached to an aromatic ring is 1. The van der Waals surface area contributed by atoms with E-state index in [9.17, 15) is 24.6 Å². The van der Waals surface area contributed by atoms with E-state index in [2.05, 4.69) is 36.0 Å². The first-order chi connectivity index (χ1) is 29.1. The number of aromatic nitrogens is 3. The molecule has 14 nitrogen and oxygen atoms in total. The number of nitrogens with one attached hydrogen (secondary N) is 3. The topological polar surface area (TPSA) is 199 Å². The minimum absolute atomic E-state index is 0.00939. The van der Waals surface area contributed by atoms with Gasteiger partial charge in [-0.15, -0.1) is 21.5 Å². The Morgan fingerprint density at radius 1 is 0.934 bits per heavy atom. The van der Waals surface area contributed by atoms with Crippen LogP contribution in [0.5, 0.6) is 5.75 Å². The number of amides is 3. The summed E-state index contributed by atoms with van der Waals surface area (Å²) in [5.74, 6) is -0.589. The number of para-hydroxylation sites is 1. The Bertz CT molecular complexity index is 2340. The number of anilines is 2. The molecule has 7 rings (SSSR count). The number of phenolic OH excluding ortho intramolecular Hbond substituents is 1. The number of aliphatic hydroxyl groups is 1. The number of aromatic hydroxyl groups is 1. The van der Waals surface area contributed by atoms with Crippen LogP contribution in [0.2, 0.25) is 0 Å². The molecule has 61 heavy (non-hydrogen) atoms. The van der Waals surface area contributed by atoms with E-state index < -0.39 is 23.6 Å². The summed E-state index contributed by atoms with van der Waals surface area (Å²) in [5, 5.41) is 39.0. The van der Waals surface area contributed by atoms with E-state index in [0.29, 0.717) is 30.2 Å². The van der Waals surface area contributed by atoms with Gasteiger partial charge in [0.15, 0.2) is 5.82 Å². The van der Waals surface area contributed by atoms with Gasteiger partial charge in [-0.2, -0.15) is 0 Å². The Balaban J connectivity index is 0.908. The number of rotatable bonds is 12. The first-order valence-electron chi connectivity index (χ1n) is 20.7. The molecular weight excluding hydrogens is 791 g/mol. The average Bonchev–Trinajstić information content (AvgIpc) is 3.86. The molecule has 0 bridgehead atoms. The minimum atomic E-state index is -0.904. The molecule has 15 heteroatoms. The van der Waals surface area contributed by atoms with Gasteiger partial charge in [0, 0.05) is 48.9 Å². The summed E-state index contributed by atoms with van der Waals surface area (Å²) in [5.41, 5.74) is 14.0. The van der Waals surface area contributed by atoms with E-state index in [1.165, 1.54) is 4.90 Å². The highest BCUT2D eigenvalue weighted by atomic mass is 32.1. The Labute approximate surface area is 360 Å².